The highest BCUT2D eigenvalue weighted by Gasteiger charge is 2.25. The summed E-state index contributed by atoms with van der Waals surface area (Å²) in [5, 5.41) is 11.8. The molecule has 5 nitrogen and oxygen atoms in total. The molecule has 1 fully saturated rings. The predicted molar refractivity (Wildman–Crippen MR) is 103 cm³/mol. The van der Waals surface area contributed by atoms with E-state index < -0.39 is 16.6 Å². The largest absolute Gasteiger partial charge is 0.323 e. The number of nitro benzene ring substituents is 1. The number of imidazole rings is 1. The Kier molecular flexibility index (Phi) is 5.02. The van der Waals surface area contributed by atoms with Crippen molar-refractivity contribution in [2.45, 2.75) is 38.6 Å². The van der Waals surface area contributed by atoms with Crippen LogP contribution in [0.3, 0.4) is 0 Å². The molecule has 28 heavy (non-hydrogen) atoms. The van der Waals surface area contributed by atoms with E-state index in [9.17, 15) is 18.9 Å². The minimum Gasteiger partial charge on any atom is -0.323 e. The van der Waals surface area contributed by atoms with Crippen LogP contribution in [0, 0.1) is 27.7 Å². The van der Waals surface area contributed by atoms with Gasteiger partial charge in [0.05, 0.1) is 21.5 Å². The molecule has 1 aromatic heterocycles. The fourth-order valence-corrected chi connectivity index (χ4v) is 4.15. The van der Waals surface area contributed by atoms with Gasteiger partial charge in [-0.05, 0) is 30.9 Å². The Labute approximate surface area is 165 Å². The van der Waals surface area contributed by atoms with Gasteiger partial charge >= 0.3 is 0 Å². The highest BCUT2D eigenvalue weighted by Crippen LogP contribution is 2.36. The third-order valence-corrected chi connectivity index (χ3v) is 5.59. The molecule has 0 spiro atoms. The summed E-state index contributed by atoms with van der Waals surface area (Å²) >= 11 is 5.93. The molecular weight excluding hydrogens is 388 g/mol. The molecule has 3 aromatic rings. The van der Waals surface area contributed by atoms with Crippen molar-refractivity contribution in [3.63, 3.8) is 0 Å². The fraction of sp³-hybridized carbons (Fsp3) is 0.350. The first-order valence-corrected chi connectivity index (χ1v) is 9.61. The smallest absolute Gasteiger partial charge is 0.281 e. The van der Waals surface area contributed by atoms with Gasteiger partial charge in [0, 0.05) is 29.8 Å². The summed E-state index contributed by atoms with van der Waals surface area (Å²) in [6, 6.07) is 6.50. The monoisotopic (exact) mass is 405 g/mol. The van der Waals surface area contributed by atoms with Crippen molar-refractivity contribution < 1.29 is 13.7 Å². The lowest BCUT2D eigenvalue weighted by atomic mass is 9.89. The normalized spacial score (nSPS) is 15.2. The Morgan fingerprint density at radius 2 is 1.86 bits per heavy atom. The fourth-order valence-electron chi connectivity index (χ4n) is 3.98. The molecule has 0 radical (unpaired) electrons. The van der Waals surface area contributed by atoms with Crippen molar-refractivity contribution >= 4 is 28.3 Å². The molecular formula is C20H18ClF2N3O2. The Bertz CT molecular complexity index is 1060. The van der Waals surface area contributed by atoms with Crippen LogP contribution in [0.4, 0.5) is 14.5 Å². The minimum atomic E-state index is -0.994. The molecule has 0 atom stereocenters. The van der Waals surface area contributed by atoms with E-state index in [1.165, 1.54) is 18.6 Å². The molecule has 1 heterocycles. The third-order valence-electron chi connectivity index (χ3n) is 5.35. The lowest BCUT2D eigenvalue weighted by Gasteiger charge is -2.23. The molecule has 1 aliphatic carbocycles. The zero-order chi connectivity index (χ0) is 19.8. The van der Waals surface area contributed by atoms with Gasteiger partial charge in [-0.1, -0.05) is 30.9 Å². The molecule has 4 rings (SSSR count). The van der Waals surface area contributed by atoms with Gasteiger partial charge in [0.2, 0.25) is 0 Å². The van der Waals surface area contributed by atoms with Gasteiger partial charge in [-0.15, -0.1) is 0 Å². The Morgan fingerprint density at radius 3 is 2.57 bits per heavy atom. The quantitative estimate of drug-likeness (QED) is 0.388. The van der Waals surface area contributed by atoms with E-state index in [2.05, 4.69) is 4.98 Å². The van der Waals surface area contributed by atoms with E-state index in [4.69, 9.17) is 11.6 Å². The molecule has 0 aliphatic heterocycles. The number of hydrogen-bond acceptors (Lipinski definition) is 3. The van der Waals surface area contributed by atoms with Crippen LogP contribution in [0.5, 0.6) is 0 Å². The number of aromatic nitrogens is 2. The average Bonchev–Trinajstić information content (AvgIpc) is 3.00. The first-order chi connectivity index (χ1) is 13.4. The van der Waals surface area contributed by atoms with Crippen molar-refractivity contribution in [3.05, 3.63) is 57.1 Å². The average molecular weight is 406 g/mol. The van der Waals surface area contributed by atoms with Crippen molar-refractivity contribution in [1.82, 2.24) is 9.55 Å². The van der Waals surface area contributed by atoms with Gasteiger partial charge in [-0.3, -0.25) is 10.1 Å². The summed E-state index contributed by atoms with van der Waals surface area (Å²) in [5.74, 6) is -1.26. The van der Waals surface area contributed by atoms with Gasteiger partial charge in [0.15, 0.2) is 11.6 Å². The van der Waals surface area contributed by atoms with Crippen LogP contribution in [0.25, 0.3) is 22.4 Å². The summed E-state index contributed by atoms with van der Waals surface area (Å²) in [6.45, 7) is 0.552. The summed E-state index contributed by atoms with van der Waals surface area (Å²) < 4.78 is 29.5. The van der Waals surface area contributed by atoms with Gasteiger partial charge in [-0.25, -0.2) is 13.8 Å². The Hall–Kier alpha value is -2.54. The SMILES string of the molecule is O=[N+]([O-])c1cc(Cl)ccc1-c1nc2cc(F)c(F)cc2n1CC1CCCCC1. The number of nitrogens with zero attached hydrogens (tertiary/aromatic N) is 3. The topological polar surface area (TPSA) is 61.0 Å². The number of nitro groups is 1. The van der Waals surface area contributed by atoms with Gasteiger partial charge in [0.25, 0.3) is 5.69 Å². The highest BCUT2D eigenvalue weighted by atomic mass is 35.5. The van der Waals surface area contributed by atoms with Gasteiger partial charge in [-0.2, -0.15) is 0 Å². The summed E-state index contributed by atoms with van der Waals surface area (Å²) in [7, 11) is 0. The maximum Gasteiger partial charge on any atom is 0.281 e. The minimum absolute atomic E-state index is 0.186. The maximum absolute atomic E-state index is 13.9. The predicted octanol–water partition coefficient (Wildman–Crippen LogP) is 6.12. The van der Waals surface area contributed by atoms with E-state index in [1.54, 1.807) is 10.6 Å². The molecule has 0 bridgehead atoms. The number of rotatable bonds is 4. The number of fused-ring (bicyclic) bond motifs is 1. The third kappa shape index (κ3) is 3.46. The molecule has 146 valence electrons. The molecule has 0 N–H and O–H groups in total. The lowest BCUT2D eigenvalue weighted by Crippen LogP contribution is -2.15. The molecule has 2 aromatic carbocycles. The molecule has 0 amide bonds. The maximum atomic E-state index is 13.9. The zero-order valence-electron chi connectivity index (χ0n) is 15.0. The van der Waals surface area contributed by atoms with Crippen molar-refractivity contribution in [1.29, 1.82) is 0 Å². The van der Waals surface area contributed by atoms with Gasteiger partial charge in [0.1, 0.15) is 5.82 Å². The zero-order valence-corrected chi connectivity index (χ0v) is 15.8. The Morgan fingerprint density at radius 1 is 1.14 bits per heavy atom. The molecule has 0 saturated heterocycles. The molecule has 0 unspecified atom stereocenters. The van der Waals surface area contributed by atoms with Crippen LogP contribution in [-0.2, 0) is 6.54 Å². The first kappa shape index (κ1) is 18.8. The molecule has 1 aliphatic rings. The number of halogens is 3. The van der Waals surface area contributed by atoms with Crippen molar-refractivity contribution in [3.8, 4) is 11.4 Å². The van der Waals surface area contributed by atoms with E-state index in [-0.39, 0.29) is 21.8 Å². The highest BCUT2D eigenvalue weighted by molar-refractivity contribution is 6.30. The summed E-state index contributed by atoms with van der Waals surface area (Å²) in [6.07, 6.45) is 5.50. The number of hydrogen-bond donors (Lipinski definition) is 0. The summed E-state index contributed by atoms with van der Waals surface area (Å²) in [4.78, 5) is 15.5. The Balaban J connectivity index is 1.92. The molecule has 8 heteroatoms. The van der Waals surface area contributed by atoms with Crippen LogP contribution < -0.4 is 0 Å². The van der Waals surface area contributed by atoms with Crippen LogP contribution in [0.1, 0.15) is 32.1 Å². The second kappa shape index (κ2) is 7.47. The van der Waals surface area contributed by atoms with Crippen LogP contribution in [-0.4, -0.2) is 14.5 Å². The second-order valence-corrected chi connectivity index (χ2v) is 7.66. The van der Waals surface area contributed by atoms with Crippen LogP contribution in [0.15, 0.2) is 30.3 Å². The van der Waals surface area contributed by atoms with Crippen LogP contribution in [0.2, 0.25) is 5.02 Å². The summed E-state index contributed by atoms with van der Waals surface area (Å²) in [5.41, 5.74) is 0.800. The van der Waals surface area contributed by atoms with Crippen LogP contribution >= 0.6 is 11.6 Å². The van der Waals surface area contributed by atoms with E-state index in [0.717, 1.165) is 37.8 Å². The van der Waals surface area contributed by atoms with Gasteiger partial charge < -0.3 is 4.57 Å². The first-order valence-electron chi connectivity index (χ1n) is 9.23. The van der Waals surface area contributed by atoms with E-state index in [0.29, 0.717) is 23.8 Å². The lowest BCUT2D eigenvalue weighted by molar-refractivity contribution is -0.384. The standard InChI is InChI=1S/C20H18ClF2N3O2/c21-13-6-7-14(18(8-13)26(27)28)20-24-17-9-15(22)16(23)10-19(17)25(20)11-12-4-2-1-3-5-12/h6-10,12H,1-5,11H2. The number of benzene rings is 2. The van der Waals surface area contributed by atoms with Crippen molar-refractivity contribution in [2.24, 2.45) is 5.92 Å². The molecule has 1 saturated carbocycles. The van der Waals surface area contributed by atoms with Crippen molar-refractivity contribution in [2.75, 3.05) is 0 Å². The second-order valence-electron chi connectivity index (χ2n) is 7.22. The van der Waals surface area contributed by atoms with E-state index in [1.807, 2.05) is 0 Å². The van der Waals surface area contributed by atoms with E-state index >= 15 is 0 Å².